The highest BCUT2D eigenvalue weighted by atomic mass is 32.2. The van der Waals surface area contributed by atoms with E-state index in [0.717, 1.165) is 48.9 Å². The molecule has 22 heavy (non-hydrogen) atoms. The van der Waals surface area contributed by atoms with Gasteiger partial charge in [0.1, 0.15) is 5.82 Å². The van der Waals surface area contributed by atoms with Crippen LogP contribution >= 0.6 is 11.8 Å². The Bertz CT molecular complexity index is 516. The molecule has 0 aliphatic carbocycles. The minimum absolute atomic E-state index is 0.203. The van der Waals surface area contributed by atoms with Crippen LogP contribution in [-0.4, -0.2) is 48.0 Å². The van der Waals surface area contributed by atoms with E-state index in [9.17, 15) is 9.50 Å². The summed E-state index contributed by atoms with van der Waals surface area (Å²) in [4.78, 5) is 7.86. The van der Waals surface area contributed by atoms with Gasteiger partial charge in [-0.15, -0.1) is 11.8 Å². The number of aliphatic hydroxyl groups excluding tert-OH is 1. The number of halogens is 1. The molecule has 1 aromatic rings. The fourth-order valence-corrected chi connectivity index (χ4v) is 3.12. The monoisotopic (exact) mass is 325 g/mol. The zero-order chi connectivity index (χ0) is 15.9. The third-order valence-electron chi connectivity index (χ3n) is 3.74. The van der Waals surface area contributed by atoms with Crippen LogP contribution in [0.15, 0.2) is 28.1 Å². The fourth-order valence-electron chi connectivity index (χ4n) is 2.53. The van der Waals surface area contributed by atoms with Crippen molar-refractivity contribution in [1.29, 1.82) is 0 Å². The molecule has 1 aliphatic rings. The van der Waals surface area contributed by atoms with E-state index in [1.807, 2.05) is 13.2 Å². The number of hydrogen-bond acceptors (Lipinski definition) is 3. The molecule has 1 heterocycles. The van der Waals surface area contributed by atoms with Gasteiger partial charge in [0.15, 0.2) is 5.96 Å². The predicted molar refractivity (Wildman–Crippen MR) is 89.8 cm³/mol. The predicted octanol–water partition coefficient (Wildman–Crippen LogP) is 2.47. The highest BCUT2D eigenvalue weighted by Gasteiger charge is 2.19. The maximum atomic E-state index is 13.4. The summed E-state index contributed by atoms with van der Waals surface area (Å²) < 4.78 is 13.4. The topological polar surface area (TPSA) is 47.9 Å². The molecule has 4 nitrogen and oxygen atoms in total. The molecule has 0 amide bonds. The summed E-state index contributed by atoms with van der Waals surface area (Å²) in [6.07, 6.45) is 3.31. The van der Waals surface area contributed by atoms with Crippen LogP contribution in [0.2, 0.25) is 0 Å². The van der Waals surface area contributed by atoms with Gasteiger partial charge in [0, 0.05) is 24.5 Å². The smallest absolute Gasteiger partial charge is 0.194 e. The summed E-state index contributed by atoms with van der Waals surface area (Å²) in [5, 5.41) is 12.9. The van der Waals surface area contributed by atoms with E-state index >= 15 is 0 Å². The third-order valence-corrected chi connectivity index (χ3v) is 4.58. The third kappa shape index (κ3) is 4.61. The number of thioether (sulfide) groups is 1. The second-order valence-corrected chi connectivity index (χ2v) is 6.19. The highest BCUT2D eigenvalue weighted by molar-refractivity contribution is 7.98. The average molecular weight is 325 g/mol. The van der Waals surface area contributed by atoms with Crippen molar-refractivity contribution < 1.29 is 9.50 Å². The number of benzene rings is 1. The molecule has 0 radical (unpaired) electrons. The lowest BCUT2D eigenvalue weighted by Crippen LogP contribution is -2.46. The van der Waals surface area contributed by atoms with Gasteiger partial charge in [0.2, 0.25) is 0 Å². The maximum Gasteiger partial charge on any atom is 0.194 e. The van der Waals surface area contributed by atoms with Gasteiger partial charge in [0.05, 0.1) is 12.6 Å². The quantitative estimate of drug-likeness (QED) is 0.507. The minimum Gasteiger partial charge on any atom is -0.393 e. The molecule has 2 rings (SSSR count). The van der Waals surface area contributed by atoms with E-state index < -0.39 is 0 Å². The number of aliphatic imine (C=N–C) groups is 1. The zero-order valence-corrected chi connectivity index (χ0v) is 14.0. The summed E-state index contributed by atoms with van der Waals surface area (Å²) in [6.45, 7) is 4.87. The number of nitrogens with zero attached hydrogens (tertiary/aromatic N) is 2. The molecule has 1 saturated heterocycles. The van der Waals surface area contributed by atoms with Crippen molar-refractivity contribution in [1.82, 2.24) is 10.2 Å². The molecule has 2 N–H and O–H groups in total. The Morgan fingerprint density at radius 3 is 2.82 bits per heavy atom. The van der Waals surface area contributed by atoms with Gasteiger partial charge in [0.25, 0.3) is 0 Å². The van der Waals surface area contributed by atoms with Crippen molar-refractivity contribution in [3.8, 4) is 0 Å². The van der Waals surface area contributed by atoms with Gasteiger partial charge in [-0.3, -0.25) is 0 Å². The molecule has 0 spiro atoms. The number of rotatable bonds is 4. The zero-order valence-electron chi connectivity index (χ0n) is 13.2. The molecule has 0 atom stereocenters. The van der Waals surface area contributed by atoms with E-state index in [1.54, 1.807) is 23.9 Å². The Morgan fingerprint density at radius 2 is 2.18 bits per heavy atom. The van der Waals surface area contributed by atoms with Crippen molar-refractivity contribution in [3.63, 3.8) is 0 Å². The van der Waals surface area contributed by atoms with Crippen LogP contribution in [0.3, 0.4) is 0 Å². The van der Waals surface area contributed by atoms with Gasteiger partial charge >= 0.3 is 0 Å². The van der Waals surface area contributed by atoms with Crippen molar-refractivity contribution in [2.24, 2.45) is 4.99 Å². The average Bonchev–Trinajstić information content (AvgIpc) is 2.52. The Balaban J connectivity index is 2.11. The lowest BCUT2D eigenvalue weighted by Gasteiger charge is -2.32. The number of aliphatic hydroxyl groups is 1. The summed E-state index contributed by atoms with van der Waals surface area (Å²) >= 11 is 1.60. The number of hydrogen-bond donors (Lipinski definition) is 2. The van der Waals surface area contributed by atoms with Gasteiger partial charge in [-0.1, -0.05) is 0 Å². The highest BCUT2D eigenvalue weighted by Crippen LogP contribution is 2.22. The first-order chi connectivity index (χ1) is 10.6. The first-order valence-corrected chi connectivity index (χ1v) is 8.90. The van der Waals surface area contributed by atoms with E-state index in [0.29, 0.717) is 6.54 Å². The fraction of sp³-hybridized carbons (Fsp3) is 0.562. The summed E-state index contributed by atoms with van der Waals surface area (Å²) in [7, 11) is 0. The van der Waals surface area contributed by atoms with E-state index in [-0.39, 0.29) is 11.9 Å². The standard InChI is InChI=1S/C16H24FN3OS/c1-3-18-16(20-8-6-14(21)7-9-20)19-11-12-10-13(17)4-5-15(12)22-2/h4-5,10,14,21H,3,6-9,11H2,1-2H3,(H,18,19). The molecular formula is C16H24FN3OS. The molecule has 1 aromatic carbocycles. The lowest BCUT2D eigenvalue weighted by atomic mass is 10.1. The molecule has 1 fully saturated rings. The van der Waals surface area contributed by atoms with Crippen molar-refractivity contribution >= 4 is 17.7 Å². The number of piperidine rings is 1. The molecule has 1 aliphatic heterocycles. The Labute approximate surface area is 135 Å². The van der Waals surface area contributed by atoms with Gasteiger partial charge in [-0.05, 0) is 49.8 Å². The lowest BCUT2D eigenvalue weighted by molar-refractivity contribution is 0.108. The molecular weight excluding hydrogens is 301 g/mol. The molecule has 122 valence electrons. The van der Waals surface area contributed by atoms with Gasteiger partial charge < -0.3 is 15.3 Å². The first kappa shape index (κ1) is 17.1. The summed E-state index contributed by atoms with van der Waals surface area (Å²) in [6, 6.07) is 4.84. The largest absolute Gasteiger partial charge is 0.393 e. The number of guanidine groups is 1. The van der Waals surface area contributed by atoms with E-state index in [4.69, 9.17) is 0 Å². The molecule has 0 aromatic heterocycles. The Morgan fingerprint density at radius 1 is 1.45 bits per heavy atom. The second-order valence-electron chi connectivity index (χ2n) is 5.34. The van der Waals surface area contributed by atoms with E-state index in [2.05, 4.69) is 15.2 Å². The van der Waals surface area contributed by atoms with Crippen molar-refractivity contribution in [2.45, 2.75) is 37.3 Å². The van der Waals surface area contributed by atoms with Gasteiger partial charge in [-0.25, -0.2) is 9.38 Å². The van der Waals surface area contributed by atoms with Crippen LogP contribution in [0.25, 0.3) is 0 Å². The van der Waals surface area contributed by atoms with Crippen molar-refractivity contribution in [3.05, 3.63) is 29.6 Å². The molecule has 0 unspecified atom stereocenters. The van der Waals surface area contributed by atoms with Crippen LogP contribution in [0.1, 0.15) is 25.3 Å². The first-order valence-electron chi connectivity index (χ1n) is 7.67. The minimum atomic E-state index is -0.228. The molecule has 0 saturated carbocycles. The maximum absolute atomic E-state index is 13.4. The normalized spacial score (nSPS) is 16.9. The Hall–Kier alpha value is -1.27. The number of likely N-dealkylation sites (tertiary alicyclic amines) is 1. The van der Waals surface area contributed by atoms with Crippen LogP contribution in [0, 0.1) is 5.82 Å². The van der Waals surface area contributed by atoms with Gasteiger partial charge in [-0.2, -0.15) is 0 Å². The summed E-state index contributed by atoms with van der Waals surface area (Å²) in [5.74, 6) is 0.611. The summed E-state index contributed by atoms with van der Waals surface area (Å²) in [5.41, 5.74) is 0.903. The van der Waals surface area contributed by atoms with Crippen molar-refractivity contribution in [2.75, 3.05) is 25.9 Å². The second kappa shape index (κ2) is 8.39. The van der Waals surface area contributed by atoms with Crippen LogP contribution in [0.5, 0.6) is 0 Å². The van der Waals surface area contributed by atoms with Crippen LogP contribution in [0.4, 0.5) is 4.39 Å². The van der Waals surface area contributed by atoms with Crippen LogP contribution in [-0.2, 0) is 6.54 Å². The van der Waals surface area contributed by atoms with Crippen LogP contribution < -0.4 is 5.32 Å². The SMILES string of the molecule is CCNC(=NCc1cc(F)ccc1SC)N1CCC(O)CC1. The molecule has 0 bridgehead atoms. The van der Waals surface area contributed by atoms with E-state index in [1.165, 1.54) is 6.07 Å². The molecule has 6 heteroatoms. The Kier molecular flexibility index (Phi) is 6.51. The number of nitrogens with one attached hydrogen (secondary N) is 1.